The summed E-state index contributed by atoms with van der Waals surface area (Å²) in [6.45, 7) is 0. The van der Waals surface area contributed by atoms with Crippen LogP contribution in [0.5, 0.6) is 11.5 Å². The lowest BCUT2D eigenvalue weighted by molar-refractivity contribution is -0.140. The van der Waals surface area contributed by atoms with Gasteiger partial charge in [-0.05, 0) is 12.1 Å². The van der Waals surface area contributed by atoms with Crippen LogP contribution in [0.15, 0.2) is 18.2 Å². The number of nitrogens with one attached hydrogen (secondary N) is 1. The van der Waals surface area contributed by atoms with E-state index in [0.29, 0.717) is 28.8 Å². The molecule has 114 valence electrons. The van der Waals surface area contributed by atoms with Crippen molar-refractivity contribution in [2.75, 3.05) is 31.2 Å². The maximum atomic E-state index is 12.1. The number of hydrogen-bond donors (Lipinski definition) is 2. The molecule has 0 spiro atoms. The Labute approximate surface area is 126 Å². The van der Waals surface area contributed by atoms with Crippen LogP contribution >= 0.6 is 11.8 Å². The van der Waals surface area contributed by atoms with Gasteiger partial charge in [0.25, 0.3) is 0 Å². The van der Waals surface area contributed by atoms with Crippen LogP contribution in [0, 0.1) is 0 Å². The van der Waals surface area contributed by atoms with Gasteiger partial charge in [0.15, 0.2) is 11.5 Å². The van der Waals surface area contributed by atoms with Crippen molar-refractivity contribution in [2.45, 2.75) is 6.04 Å². The SMILES string of the molecule is COc1ccc(NC(=O)N2CSC[C@H]2C(=O)O)cc1OC. The van der Waals surface area contributed by atoms with Gasteiger partial charge >= 0.3 is 12.0 Å². The van der Waals surface area contributed by atoms with Crippen molar-refractivity contribution in [3.63, 3.8) is 0 Å². The van der Waals surface area contributed by atoms with Crippen molar-refractivity contribution >= 4 is 29.4 Å². The van der Waals surface area contributed by atoms with E-state index in [-0.39, 0.29) is 0 Å². The maximum Gasteiger partial charge on any atom is 0.327 e. The predicted octanol–water partition coefficient (Wildman–Crippen LogP) is 1.70. The molecule has 0 unspecified atom stereocenters. The molecule has 1 saturated heterocycles. The number of hydrogen-bond acceptors (Lipinski definition) is 5. The fraction of sp³-hybridized carbons (Fsp3) is 0.385. The summed E-state index contributed by atoms with van der Waals surface area (Å²) in [4.78, 5) is 24.5. The number of urea groups is 1. The molecule has 7 nitrogen and oxygen atoms in total. The van der Waals surface area contributed by atoms with Crippen molar-refractivity contribution in [3.05, 3.63) is 18.2 Å². The van der Waals surface area contributed by atoms with E-state index in [0.717, 1.165) is 0 Å². The Morgan fingerprint density at radius 3 is 2.67 bits per heavy atom. The number of amides is 2. The molecule has 21 heavy (non-hydrogen) atoms. The van der Waals surface area contributed by atoms with Crippen molar-refractivity contribution < 1.29 is 24.2 Å². The highest BCUT2D eigenvalue weighted by Crippen LogP contribution is 2.30. The van der Waals surface area contributed by atoms with Gasteiger partial charge in [0.05, 0.1) is 20.1 Å². The summed E-state index contributed by atoms with van der Waals surface area (Å²) >= 11 is 1.41. The van der Waals surface area contributed by atoms with Gasteiger partial charge in [-0.2, -0.15) is 0 Å². The number of thioether (sulfide) groups is 1. The van der Waals surface area contributed by atoms with Crippen LogP contribution < -0.4 is 14.8 Å². The van der Waals surface area contributed by atoms with E-state index in [9.17, 15) is 9.59 Å². The number of benzene rings is 1. The number of aliphatic carboxylic acids is 1. The second-order valence-corrected chi connectivity index (χ2v) is 5.32. The van der Waals surface area contributed by atoms with Gasteiger partial charge in [0.1, 0.15) is 6.04 Å². The number of nitrogens with zero attached hydrogens (tertiary/aromatic N) is 1. The van der Waals surface area contributed by atoms with E-state index >= 15 is 0 Å². The normalized spacial score (nSPS) is 17.4. The first kappa shape index (κ1) is 15.3. The molecule has 0 radical (unpaired) electrons. The minimum absolute atomic E-state index is 0.357. The number of carboxylic acids is 1. The van der Waals surface area contributed by atoms with Gasteiger partial charge in [-0.1, -0.05) is 0 Å². The summed E-state index contributed by atoms with van der Waals surface area (Å²) in [5.41, 5.74) is 0.513. The van der Waals surface area contributed by atoms with E-state index in [1.165, 1.54) is 30.9 Å². The first-order chi connectivity index (χ1) is 10.1. The number of methoxy groups -OCH3 is 2. The van der Waals surface area contributed by atoms with Gasteiger partial charge < -0.3 is 24.8 Å². The molecule has 2 rings (SSSR count). The highest BCUT2D eigenvalue weighted by Gasteiger charge is 2.34. The maximum absolute atomic E-state index is 12.1. The van der Waals surface area contributed by atoms with E-state index in [2.05, 4.69) is 5.32 Å². The zero-order valence-corrected chi connectivity index (χ0v) is 12.5. The summed E-state index contributed by atoms with van der Waals surface area (Å²) in [5.74, 6) is 0.795. The zero-order valence-electron chi connectivity index (χ0n) is 11.7. The molecule has 0 saturated carbocycles. The second-order valence-electron chi connectivity index (χ2n) is 4.32. The third kappa shape index (κ3) is 3.33. The summed E-state index contributed by atoms with van der Waals surface area (Å²) in [6.07, 6.45) is 0. The van der Waals surface area contributed by atoms with Crippen LogP contribution in [-0.2, 0) is 4.79 Å². The Bertz CT molecular complexity index is 551. The molecule has 1 fully saturated rings. The fourth-order valence-corrected chi connectivity index (χ4v) is 3.10. The lowest BCUT2D eigenvalue weighted by Crippen LogP contribution is -2.43. The molecular formula is C13H16N2O5S. The van der Waals surface area contributed by atoms with Gasteiger partial charge in [-0.15, -0.1) is 11.8 Å². The van der Waals surface area contributed by atoms with Crippen molar-refractivity contribution in [1.82, 2.24) is 4.90 Å². The number of carboxylic acid groups (broad SMARTS) is 1. The van der Waals surface area contributed by atoms with E-state index in [4.69, 9.17) is 14.6 Å². The van der Waals surface area contributed by atoms with Crippen molar-refractivity contribution in [2.24, 2.45) is 0 Å². The van der Waals surface area contributed by atoms with Gasteiger partial charge in [-0.25, -0.2) is 9.59 Å². The number of anilines is 1. The van der Waals surface area contributed by atoms with E-state index in [1.54, 1.807) is 18.2 Å². The minimum atomic E-state index is -0.998. The number of carbonyl (C=O) groups is 2. The Morgan fingerprint density at radius 2 is 2.05 bits per heavy atom. The molecule has 1 aliphatic heterocycles. The Hall–Kier alpha value is -2.09. The van der Waals surface area contributed by atoms with Crippen LogP contribution in [0.4, 0.5) is 10.5 Å². The lowest BCUT2D eigenvalue weighted by Gasteiger charge is -2.21. The molecule has 1 aromatic carbocycles. The molecule has 2 N–H and O–H groups in total. The average Bonchev–Trinajstić information content (AvgIpc) is 2.96. The van der Waals surface area contributed by atoms with Gasteiger partial charge in [-0.3, -0.25) is 0 Å². The molecule has 2 amide bonds. The Kier molecular flexibility index (Phi) is 4.79. The highest BCUT2D eigenvalue weighted by atomic mass is 32.2. The standard InChI is InChI=1S/C13H16N2O5S/c1-19-10-4-3-8(5-11(10)20-2)14-13(18)15-7-21-6-9(15)12(16)17/h3-5,9H,6-7H2,1-2H3,(H,14,18)(H,16,17)/t9-/m0/s1. The minimum Gasteiger partial charge on any atom is -0.493 e. The summed E-state index contributed by atoms with van der Waals surface area (Å²) < 4.78 is 10.3. The average molecular weight is 312 g/mol. The Morgan fingerprint density at radius 1 is 1.33 bits per heavy atom. The predicted molar refractivity (Wildman–Crippen MR) is 79.2 cm³/mol. The fourth-order valence-electron chi connectivity index (χ4n) is 1.96. The van der Waals surface area contributed by atoms with Crippen LogP contribution in [0.25, 0.3) is 0 Å². The van der Waals surface area contributed by atoms with E-state index < -0.39 is 18.0 Å². The monoisotopic (exact) mass is 312 g/mol. The summed E-state index contributed by atoms with van der Waals surface area (Å²) in [7, 11) is 3.02. The quantitative estimate of drug-likeness (QED) is 0.879. The number of rotatable bonds is 4. The van der Waals surface area contributed by atoms with Gasteiger partial charge in [0.2, 0.25) is 0 Å². The molecule has 1 aliphatic rings. The largest absolute Gasteiger partial charge is 0.493 e. The summed E-state index contributed by atoms with van der Waals surface area (Å²) in [5, 5.41) is 11.7. The second kappa shape index (κ2) is 6.57. The topological polar surface area (TPSA) is 88.1 Å². The molecule has 1 atom stereocenters. The molecule has 1 aromatic rings. The van der Waals surface area contributed by atoms with Crippen molar-refractivity contribution in [1.29, 1.82) is 0 Å². The van der Waals surface area contributed by atoms with Crippen molar-refractivity contribution in [3.8, 4) is 11.5 Å². The number of ether oxygens (including phenoxy) is 2. The smallest absolute Gasteiger partial charge is 0.327 e. The molecule has 0 bridgehead atoms. The summed E-state index contributed by atoms with van der Waals surface area (Å²) in [6, 6.07) is 3.71. The Balaban J connectivity index is 2.11. The number of carbonyl (C=O) groups excluding carboxylic acids is 1. The molecule has 0 aliphatic carbocycles. The van der Waals surface area contributed by atoms with Crippen LogP contribution in [0.1, 0.15) is 0 Å². The molecular weight excluding hydrogens is 296 g/mol. The molecule has 0 aromatic heterocycles. The van der Waals surface area contributed by atoms with Gasteiger partial charge in [0, 0.05) is 17.5 Å². The van der Waals surface area contributed by atoms with E-state index in [1.807, 2.05) is 0 Å². The zero-order chi connectivity index (χ0) is 15.4. The highest BCUT2D eigenvalue weighted by molar-refractivity contribution is 7.99. The van der Waals surface area contributed by atoms with Crippen LogP contribution in [0.3, 0.4) is 0 Å². The molecule has 8 heteroatoms. The first-order valence-corrected chi connectivity index (χ1v) is 7.32. The third-order valence-corrected chi connectivity index (χ3v) is 4.08. The first-order valence-electron chi connectivity index (χ1n) is 6.17. The lowest BCUT2D eigenvalue weighted by atomic mass is 10.2. The van der Waals surface area contributed by atoms with Crippen LogP contribution in [0.2, 0.25) is 0 Å². The van der Waals surface area contributed by atoms with Crippen LogP contribution in [-0.4, -0.2) is 53.9 Å². The third-order valence-electron chi connectivity index (χ3n) is 3.06. The molecule has 1 heterocycles.